The van der Waals surface area contributed by atoms with Crippen LogP contribution in [0.5, 0.6) is 5.75 Å². The van der Waals surface area contributed by atoms with Crippen molar-refractivity contribution in [3.8, 4) is 28.1 Å². The fourth-order valence-electron chi connectivity index (χ4n) is 3.37. The lowest BCUT2D eigenvalue weighted by molar-refractivity contribution is -0.116. The number of carbonyl (C=O) groups excluding carboxylic acids is 1. The summed E-state index contributed by atoms with van der Waals surface area (Å²) in [6, 6.07) is 16.7. The van der Waals surface area contributed by atoms with Crippen LogP contribution in [-0.4, -0.2) is 27.8 Å². The molecule has 0 radical (unpaired) electrons. The van der Waals surface area contributed by atoms with Crippen LogP contribution in [0, 0.1) is 5.82 Å². The molecule has 1 amide bonds. The summed E-state index contributed by atoms with van der Waals surface area (Å²) in [5.41, 5.74) is 3.44. The van der Waals surface area contributed by atoms with Gasteiger partial charge in [0.1, 0.15) is 28.5 Å². The van der Waals surface area contributed by atoms with Gasteiger partial charge >= 0.3 is 0 Å². The van der Waals surface area contributed by atoms with Crippen LogP contribution in [0.1, 0.15) is 10.9 Å². The number of alkyl halides is 1. The van der Waals surface area contributed by atoms with Gasteiger partial charge in [-0.05, 0) is 59.7 Å². The molecule has 1 atom stereocenters. The van der Waals surface area contributed by atoms with Crippen molar-refractivity contribution in [3.63, 3.8) is 0 Å². The maximum Gasteiger partial charge on any atom is 0.248 e. The molecule has 0 saturated carbocycles. The number of aromatic nitrogens is 3. The van der Waals surface area contributed by atoms with Crippen molar-refractivity contribution in [2.24, 2.45) is 7.05 Å². The average Bonchev–Trinajstić information content (AvgIpc) is 3.15. The third-order valence-corrected chi connectivity index (χ3v) is 5.46. The number of hydrogen-bond acceptors (Lipinski definition) is 4. The number of nitrogens with one attached hydrogen (secondary N) is 1. The van der Waals surface area contributed by atoms with E-state index in [1.165, 1.54) is 12.1 Å². The third kappa shape index (κ3) is 4.33. The van der Waals surface area contributed by atoms with Crippen LogP contribution in [0.2, 0.25) is 0 Å². The second-order valence-electron chi connectivity index (χ2n) is 7.06. The highest BCUT2D eigenvalue weighted by Gasteiger charge is 2.24. The first-order valence-corrected chi connectivity index (χ1v) is 10.2. The largest absolute Gasteiger partial charge is 0.497 e. The summed E-state index contributed by atoms with van der Waals surface area (Å²) in [6.45, 7) is 0. The molecule has 2 aromatic heterocycles. The van der Waals surface area contributed by atoms with E-state index < -0.39 is 11.3 Å². The first kappa shape index (κ1) is 21.5. The second kappa shape index (κ2) is 9.20. The fourth-order valence-corrected chi connectivity index (χ4v) is 3.57. The predicted octanol–water partition coefficient (Wildman–Crippen LogP) is 5.22. The topological polar surface area (TPSA) is 69.0 Å². The molecule has 0 spiro atoms. The number of nitrogens with zero attached hydrogens (tertiary/aromatic N) is 3. The van der Waals surface area contributed by atoms with E-state index in [-0.39, 0.29) is 5.82 Å². The van der Waals surface area contributed by atoms with Crippen LogP contribution in [0.4, 0.5) is 10.2 Å². The Kier molecular flexibility index (Phi) is 6.18. The van der Waals surface area contributed by atoms with Gasteiger partial charge in [-0.3, -0.25) is 14.5 Å². The number of anilines is 1. The molecule has 32 heavy (non-hydrogen) atoms. The number of pyridine rings is 1. The molecule has 6 nitrogen and oxygen atoms in total. The molecule has 1 N–H and O–H groups in total. The SMILES string of the molecule is COc1ccc(C(Cl)C(=O)Nc2c(-c3ccncc3)c(-c3ccc(F)cc3)nn2C)cc1. The number of benzene rings is 2. The van der Waals surface area contributed by atoms with Gasteiger partial charge in [-0.2, -0.15) is 5.10 Å². The minimum absolute atomic E-state index is 0.340. The maximum absolute atomic E-state index is 13.5. The van der Waals surface area contributed by atoms with Crippen molar-refractivity contribution < 1.29 is 13.9 Å². The van der Waals surface area contributed by atoms with E-state index in [0.717, 1.165) is 5.56 Å². The molecule has 0 saturated heterocycles. The summed E-state index contributed by atoms with van der Waals surface area (Å²) in [7, 11) is 3.30. The van der Waals surface area contributed by atoms with Crippen LogP contribution < -0.4 is 10.1 Å². The lowest BCUT2D eigenvalue weighted by Gasteiger charge is -2.13. The summed E-state index contributed by atoms with van der Waals surface area (Å²) < 4.78 is 20.2. The number of halogens is 2. The van der Waals surface area contributed by atoms with Crippen molar-refractivity contribution >= 4 is 23.3 Å². The monoisotopic (exact) mass is 450 g/mol. The average molecular weight is 451 g/mol. The van der Waals surface area contributed by atoms with Gasteiger partial charge in [0.2, 0.25) is 5.91 Å². The van der Waals surface area contributed by atoms with E-state index in [1.807, 2.05) is 12.1 Å². The molecule has 0 aliphatic carbocycles. The molecule has 4 aromatic rings. The number of carbonyl (C=O) groups is 1. The summed E-state index contributed by atoms with van der Waals surface area (Å²) in [5, 5.41) is 6.58. The molecular formula is C24H20ClFN4O2. The van der Waals surface area contributed by atoms with Gasteiger partial charge in [-0.1, -0.05) is 12.1 Å². The Labute approximate surface area is 189 Å². The van der Waals surface area contributed by atoms with E-state index in [4.69, 9.17) is 16.3 Å². The van der Waals surface area contributed by atoms with Crippen LogP contribution in [0.25, 0.3) is 22.4 Å². The Morgan fingerprint density at radius 2 is 1.69 bits per heavy atom. The van der Waals surface area contributed by atoms with E-state index in [9.17, 15) is 9.18 Å². The van der Waals surface area contributed by atoms with E-state index in [2.05, 4.69) is 15.4 Å². The van der Waals surface area contributed by atoms with E-state index >= 15 is 0 Å². The Morgan fingerprint density at radius 3 is 2.31 bits per heavy atom. The summed E-state index contributed by atoms with van der Waals surface area (Å²) >= 11 is 6.46. The number of aryl methyl sites for hydroxylation is 1. The van der Waals surface area contributed by atoms with Crippen molar-refractivity contribution in [2.45, 2.75) is 5.38 Å². The summed E-state index contributed by atoms with van der Waals surface area (Å²) in [5.74, 6) is 0.405. The molecule has 8 heteroatoms. The maximum atomic E-state index is 13.5. The number of amides is 1. The van der Waals surface area contributed by atoms with E-state index in [0.29, 0.717) is 34.0 Å². The van der Waals surface area contributed by atoms with Crippen LogP contribution in [-0.2, 0) is 11.8 Å². The van der Waals surface area contributed by atoms with Crippen molar-refractivity contribution in [1.82, 2.24) is 14.8 Å². The first-order valence-electron chi connectivity index (χ1n) is 9.80. The molecule has 162 valence electrons. The van der Waals surface area contributed by atoms with Crippen LogP contribution in [0.15, 0.2) is 73.1 Å². The molecule has 0 aliphatic rings. The molecule has 0 fully saturated rings. The van der Waals surface area contributed by atoms with Gasteiger partial charge in [0.15, 0.2) is 0 Å². The van der Waals surface area contributed by atoms with Crippen LogP contribution in [0.3, 0.4) is 0 Å². The molecule has 0 aliphatic heterocycles. The standard InChI is InChI=1S/C24H20ClFN4O2/c1-30-23(28-24(31)21(25)16-5-9-19(32-2)10-6-16)20(15-11-13-27-14-12-15)22(29-30)17-3-7-18(26)8-4-17/h3-14,21H,1-2H3,(H,28,31). The van der Waals surface area contributed by atoms with Gasteiger partial charge in [-0.25, -0.2) is 4.39 Å². The van der Waals surface area contributed by atoms with Gasteiger partial charge in [-0.15, -0.1) is 11.6 Å². The zero-order valence-electron chi connectivity index (χ0n) is 17.4. The van der Waals surface area contributed by atoms with Gasteiger partial charge < -0.3 is 10.1 Å². The van der Waals surface area contributed by atoms with Gasteiger partial charge in [0, 0.05) is 25.0 Å². The third-order valence-electron chi connectivity index (χ3n) is 5.01. The highest BCUT2D eigenvalue weighted by Crippen LogP contribution is 2.38. The fraction of sp³-hybridized carbons (Fsp3) is 0.125. The summed E-state index contributed by atoms with van der Waals surface area (Å²) in [4.78, 5) is 17.1. The van der Waals surface area contributed by atoms with E-state index in [1.54, 1.807) is 67.6 Å². The zero-order valence-corrected chi connectivity index (χ0v) is 18.2. The Bertz CT molecular complexity index is 1230. The smallest absolute Gasteiger partial charge is 0.248 e. The lowest BCUT2D eigenvalue weighted by atomic mass is 10.0. The predicted molar refractivity (Wildman–Crippen MR) is 122 cm³/mol. The Balaban J connectivity index is 1.73. The zero-order chi connectivity index (χ0) is 22.7. The van der Waals surface area contributed by atoms with Gasteiger partial charge in [0.05, 0.1) is 12.7 Å². The Morgan fingerprint density at radius 1 is 1.03 bits per heavy atom. The Hall–Kier alpha value is -3.71. The molecule has 2 aromatic carbocycles. The summed E-state index contributed by atoms with van der Waals surface area (Å²) in [6.07, 6.45) is 3.31. The number of ether oxygens (including phenoxy) is 1. The quantitative estimate of drug-likeness (QED) is 0.409. The lowest BCUT2D eigenvalue weighted by Crippen LogP contribution is -2.19. The minimum Gasteiger partial charge on any atom is -0.497 e. The van der Waals surface area contributed by atoms with Crippen molar-refractivity contribution in [3.05, 3.63) is 84.4 Å². The molecule has 0 bridgehead atoms. The van der Waals surface area contributed by atoms with Gasteiger partial charge in [0.25, 0.3) is 0 Å². The number of hydrogen-bond donors (Lipinski definition) is 1. The van der Waals surface area contributed by atoms with Crippen LogP contribution >= 0.6 is 11.6 Å². The molecule has 2 heterocycles. The second-order valence-corrected chi connectivity index (χ2v) is 7.50. The molecule has 4 rings (SSSR count). The highest BCUT2D eigenvalue weighted by atomic mass is 35.5. The minimum atomic E-state index is -0.921. The molecule has 1 unspecified atom stereocenters. The molecular weight excluding hydrogens is 431 g/mol. The number of methoxy groups -OCH3 is 1. The highest BCUT2D eigenvalue weighted by molar-refractivity contribution is 6.32. The first-order chi connectivity index (χ1) is 15.5. The normalized spacial score (nSPS) is 11.8. The van der Waals surface area contributed by atoms with Crippen molar-refractivity contribution in [2.75, 3.05) is 12.4 Å². The number of rotatable bonds is 6. The van der Waals surface area contributed by atoms with Crippen molar-refractivity contribution in [1.29, 1.82) is 0 Å².